The summed E-state index contributed by atoms with van der Waals surface area (Å²) in [4.78, 5) is 25.6. The highest BCUT2D eigenvalue weighted by Gasteiger charge is 2.35. The number of aromatic nitrogens is 2. The van der Waals surface area contributed by atoms with Crippen LogP contribution in [0.3, 0.4) is 0 Å². The van der Waals surface area contributed by atoms with Crippen molar-refractivity contribution in [3.8, 4) is 0 Å². The van der Waals surface area contributed by atoms with Gasteiger partial charge in [0.2, 0.25) is 5.91 Å². The molecule has 0 aliphatic carbocycles. The van der Waals surface area contributed by atoms with E-state index >= 15 is 0 Å². The number of amides is 1. The number of methoxy groups -OCH3 is 1. The van der Waals surface area contributed by atoms with Crippen LogP contribution < -0.4 is 5.73 Å². The lowest BCUT2D eigenvalue weighted by atomic mass is 10.2. The molecule has 1 fully saturated rings. The van der Waals surface area contributed by atoms with E-state index in [9.17, 15) is 9.59 Å². The molecule has 7 heteroatoms. The van der Waals surface area contributed by atoms with Gasteiger partial charge in [-0.15, -0.1) is 0 Å². The molecule has 1 aliphatic rings. The van der Waals surface area contributed by atoms with Gasteiger partial charge in [0.05, 0.1) is 24.2 Å². The standard InChI is InChI=1S/C13H20N4O3/c1-8-12(14)9(2)17(15-8)7-11(18)16-6-4-5-10(16)13(19)20-3/h10H,4-7,14H2,1-3H3. The highest BCUT2D eigenvalue weighted by molar-refractivity contribution is 5.85. The molecule has 0 radical (unpaired) electrons. The quantitative estimate of drug-likeness (QED) is 0.801. The van der Waals surface area contributed by atoms with E-state index in [1.165, 1.54) is 7.11 Å². The average Bonchev–Trinajstić information content (AvgIpc) is 3.00. The molecule has 0 bridgehead atoms. The Bertz CT molecular complexity index is 538. The van der Waals surface area contributed by atoms with E-state index in [0.717, 1.165) is 12.1 Å². The summed E-state index contributed by atoms with van der Waals surface area (Å²) in [6.07, 6.45) is 1.46. The minimum atomic E-state index is -0.471. The molecule has 20 heavy (non-hydrogen) atoms. The molecule has 1 unspecified atom stereocenters. The lowest BCUT2D eigenvalue weighted by Gasteiger charge is -2.22. The fourth-order valence-corrected chi connectivity index (χ4v) is 2.53. The number of likely N-dealkylation sites (tertiary alicyclic amines) is 1. The van der Waals surface area contributed by atoms with E-state index in [1.807, 2.05) is 6.92 Å². The smallest absolute Gasteiger partial charge is 0.328 e. The van der Waals surface area contributed by atoms with E-state index in [4.69, 9.17) is 10.5 Å². The van der Waals surface area contributed by atoms with Crippen LogP contribution in [0.25, 0.3) is 0 Å². The molecular formula is C13H20N4O3. The molecular weight excluding hydrogens is 260 g/mol. The first-order chi connectivity index (χ1) is 9.45. The minimum absolute atomic E-state index is 0.0946. The zero-order valence-corrected chi connectivity index (χ0v) is 12.0. The van der Waals surface area contributed by atoms with Crippen molar-refractivity contribution in [3.63, 3.8) is 0 Å². The number of rotatable bonds is 3. The fourth-order valence-electron chi connectivity index (χ4n) is 2.53. The lowest BCUT2D eigenvalue weighted by molar-refractivity contribution is -0.151. The van der Waals surface area contributed by atoms with E-state index in [0.29, 0.717) is 24.3 Å². The van der Waals surface area contributed by atoms with Crippen LogP contribution in [0.4, 0.5) is 5.69 Å². The molecule has 1 aromatic rings. The normalized spacial score (nSPS) is 18.4. The summed E-state index contributed by atoms with van der Waals surface area (Å²) in [5.74, 6) is -0.493. The molecule has 2 N–H and O–H groups in total. The summed E-state index contributed by atoms with van der Waals surface area (Å²) >= 11 is 0. The number of carbonyl (C=O) groups excluding carboxylic acids is 2. The first-order valence-corrected chi connectivity index (χ1v) is 6.62. The molecule has 2 heterocycles. The maximum Gasteiger partial charge on any atom is 0.328 e. The number of ether oxygens (including phenoxy) is 1. The third-order valence-electron chi connectivity index (χ3n) is 3.77. The first-order valence-electron chi connectivity index (χ1n) is 6.62. The molecule has 2 rings (SSSR count). The lowest BCUT2D eigenvalue weighted by Crippen LogP contribution is -2.42. The number of anilines is 1. The Balaban J connectivity index is 2.11. The highest BCUT2D eigenvalue weighted by atomic mass is 16.5. The van der Waals surface area contributed by atoms with Crippen LogP contribution in [0.5, 0.6) is 0 Å². The number of nitrogens with zero attached hydrogens (tertiary/aromatic N) is 3. The summed E-state index contributed by atoms with van der Waals surface area (Å²) in [7, 11) is 1.34. The largest absolute Gasteiger partial charge is 0.467 e. The Morgan fingerprint density at radius 3 is 2.70 bits per heavy atom. The van der Waals surface area contributed by atoms with Gasteiger partial charge in [-0.25, -0.2) is 4.79 Å². The highest BCUT2D eigenvalue weighted by Crippen LogP contribution is 2.20. The first kappa shape index (κ1) is 14.4. The van der Waals surface area contributed by atoms with Crippen molar-refractivity contribution in [1.29, 1.82) is 0 Å². The van der Waals surface area contributed by atoms with E-state index in [2.05, 4.69) is 5.10 Å². The van der Waals surface area contributed by atoms with Crippen LogP contribution >= 0.6 is 0 Å². The van der Waals surface area contributed by atoms with Gasteiger partial charge in [-0.1, -0.05) is 0 Å². The molecule has 1 amide bonds. The van der Waals surface area contributed by atoms with Crippen LogP contribution in [0.2, 0.25) is 0 Å². The van der Waals surface area contributed by atoms with Crippen LogP contribution in [-0.2, 0) is 20.9 Å². The number of hydrogen-bond acceptors (Lipinski definition) is 5. The van der Waals surface area contributed by atoms with E-state index in [1.54, 1.807) is 16.5 Å². The zero-order chi connectivity index (χ0) is 14.9. The van der Waals surface area contributed by atoms with Crippen molar-refractivity contribution in [2.45, 2.75) is 39.3 Å². The number of carbonyl (C=O) groups is 2. The van der Waals surface area contributed by atoms with Crippen molar-refractivity contribution in [1.82, 2.24) is 14.7 Å². The van der Waals surface area contributed by atoms with E-state index in [-0.39, 0.29) is 18.4 Å². The van der Waals surface area contributed by atoms with Crippen LogP contribution in [0.1, 0.15) is 24.2 Å². The van der Waals surface area contributed by atoms with Gasteiger partial charge in [-0.3, -0.25) is 9.48 Å². The van der Waals surface area contributed by atoms with Gasteiger partial charge in [-0.2, -0.15) is 5.10 Å². The fraction of sp³-hybridized carbons (Fsp3) is 0.615. The van der Waals surface area contributed by atoms with Crippen LogP contribution in [-0.4, -0.2) is 46.3 Å². The molecule has 1 aliphatic heterocycles. The van der Waals surface area contributed by atoms with Gasteiger partial charge in [0, 0.05) is 6.54 Å². The summed E-state index contributed by atoms with van der Waals surface area (Å²) in [6.45, 7) is 4.30. The second kappa shape index (κ2) is 5.52. The maximum absolute atomic E-state index is 12.3. The van der Waals surface area contributed by atoms with Crippen LogP contribution in [0.15, 0.2) is 0 Å². The monoisotopic (exact) mass is 280 g/mol. The second-order valence-corrected chi connectivity index (χ2v) is 5.01. The number of nitrogens with two attached hydrogens (primary N) is 1. The molecule has 0 aromatic carbocycles. The predicted octanol–water partition coefficient (Wildman–Crippen LogP) is 0.246. The summed E-state index contributed by atoms with van der Waals surface area (Å²) in [5, 5.41) is 4.24. The SMILES string of the molecule is COC(=O)C1CCCN1C(=O)Cn1nc(C)c(N)c1C. The minimum Gasteiger partial charge on any atom is -0.467 e. The van der Waals surface area contributed by atoms with Gasteiger partial charge >= 0.3 is 5.97 Å². The molecule has 0 spiro atoms. The third-order valence-corrected chi connectivity index (χ3v) is 3.77. The van der Waals surface area contributed by atoms with Gasteiger partial charge in [0.15, 0.2) is 0 Å². The van der Waals surface area contributed by atoms with Crippen molar-refractivity contribution in [2.24, 2.45) is 0 Å². The zero-order valence-electron chi connectivity index (χ0n) is 12.0. The molecule has 110 valence electrons. The summed E-state index contributed by atoms with van der Waals surface area (Å²) < 4.78 is 6.32. The van der Waals surface area contributed by atoms with E-state index < -0.39 is 6.04 Å². The van der Waals surface area contributed by atoms with Crippen molar-refractivity contribution in [3.05, 3.63) is 11.4 Å². The van der Waals surface area contributed by atoms with Gasteiger partial charge in [-0.05, 0) is 26.7 Å². The average molecular weight is 280 g/mol. The Labute approximate surface area is 117 Å². The number of esters is 1. The second-order valence-electron chi connectivity index (χ2n) is 5.01. The van der Waals surface area contributed by atoms with Gasteiger partial charge < -0.3 is 15.4 Å². The third kappa shape index (κ3) is 2.48. The van der Waals surface area contributed by atoms with Crippen molar-refractivity contribution < 1.29 is 14.3 Å². The van der Waals surface area contributed by atoms with Crippen molar-refractivity contribution in [2.75, 3.05) is 19.4 Å². The Kier molecular flexibility index (Phi) is 3.96. The van der Waals surface area contributed by atoms with Gasteiger partial charge in [0.25, 0.3) is 0 Å². The van der Waals surface area contributed by atoms with Gasteiger partial charge in [0.1, 0.15) is 12.6 Å². The summed E-state index contributed by atoms with van der Waals surface area (Å²) in [5.41, 5.74) is 7.92. The molecule has 1 atom stereocenters. The van der Waals surface area contributed by atoms with Crippen LogP contribution in [0, 0.1) is 13.8 Å². The Hall–Kier alpha value is -2.05. The number of hydrogen-bond donors (Lipinski definition) is 1. The molecule has 1 saturated heterocycles. The molecule has 7 nitrogen and oxygen atoms in total. The molecule has 1 aromatic heterocycles. The van der Waals surface area contributed by atoms with Crippen molar-refractivity contribution >= 4 is 17.6 Å². The number of aryl methyl sites for hydroxylation is 1. The Morgan fingerprint density at radius 2 is 2.15 bits per heavy atom. The Morgan fingerprint density at radius 1 is 1.45 bits per heavy atom. The number of nitrogen functional groups attached to an aromatic ring is 1. The topological polar surface area (TPSA) is 90.5 Å². The summed E-state index contributed by atoms with van der Waals surface area (Å²) in [6, 6.07) is -0.471. The maximum atomic E-state index is 12.3. The molecule has 0 saturated carbocycles. The predicted molar refractivity (Wildman–Crippen MR) is 72.9 cm³/mol.